The van der Waals surface area contributed by atoms with Gasteiger partial charge in [0.2, 0.25) is 11.7 Å². The number of allylic oxidation sites excluding steroid dienone is 2. The molecule has 0 fully saturated rings. The van der Waals surface area contributed by atoms with E-state index < -0.39 is 0 Å². The molecule has 0 aromatic heterocycles. The van der Waals surface area contributed by atoms with E-state index >= 15 is 0 Å². The zero-order chi connectivity index (χ0) is 14.9. The topological polar surface area (TPSA) is 46.2 Å². The Morgan fingerprint density at radius 3 is 2.45 bits per heavy atom. The van der Waals surface area contributed by atoms with Gasteiger partial charge in [0, 0.05) is 22.9 Å². The fourth-order valence-corrected chi connectivity index (χ4v) is 3.24. The van der Waals surface area contributed by atoms with Crippen molar-refractivity contribution in [2.24, 2.45) is 5.92 Å². The molecule has 0 radical (unpaired) electrons. The maximum absolute atomic E-state index is 12.5. The van der Waals surface area contributed by atoms with Crippen molar-refractivity contribution in [2.75, 3.05) is 0 Å². The third-order valence-electron chi connectivity index (χ3n) is 3.68. The first-order chi connectivity index (χ1) is 9.47. The highest BCUT2D eigenvalue weighted by Gasteiger charge is 2.34. The molecule has 2 unspecified atom stereocenters. The van der Waals surface area contributed by atoms with Crippen molar-refractivity contribution in [3.8, 4) is 0 Å². The minimum absolute atomic E-state index is 0.0435. The summed E-state index contributed by atoms with van der Waals surface area (Å²) in [7, 11) is 0. The SMILES string of the molecule is CCC(C)C(Br)C1=C(NC(C)=O)C(=O)c2ccccc21. The minimum atomic E-state index is -0.220. The van der Waals surface area contributed by atoms with Crippen LogP contribution in [0.25, 0.3) is 5.57 Å². The van der Waals surface area contributed by atoms with Gasteiger partial charge in [-0.25, -0.2) is 0 Å². The van der Waals surface area contributed by atoms with E-state index in [1.807, 2.05) is 24.3 Å². The van der Waals surface area contributed by atoms with Crippen LogP contribution in [0.15, 0.2) is 30.0 Å². The summed E-state index contributed by atoms with van der Waals surface area (Å²) < 4.78 is 0. The first-order valence-electron chi connectivity index (χ1n) is 6.77. The van der Waals surface area contributed by atoms with Crippen molar-refractivity contribution < 1.29 is 9.59 Å². The highest BCUT2D eigenvalue weighted by atomic mass is 79.9. The number of amides is 1. The highest BCUT2D eigenvalue weighted by Crippen LogP contribution is 2.39. The van der Waals surface area contributed by atoms with Gasteiger partial charge < -0.3 is 5.32 Å². The minimum Gasteiger partial charge on any atom is -0.323 e. The van der Waals surface area contributed by atoms with Crippen LogP contribution in [0.1, 0.15) is 43.1 Å². The number of rotatable bonds is 4. The summed E-state index contributed by atoms with van der Waals surface area (Å²) in [5, 5.41) is 2.71. The number of fused-ring (bicyclic) bond motifs is 1. The van der Waals surface area contributed by atoms with Crippen LogP contribution >= 0.6 is 15.9 Å². The summed E-state index contributed by atoms with van der Waals surface area (Å²) in [5.41, 5.74) is 2.90. The monoisotopic (exact) mass is 335 g/mol. The maximum Gasteiger partial charge on any atom is 0.221 e. The summed E-state index contributed by atoms with van der Waals surface area (Å²) in [4.78, 5) is 23.9. The summed E-state index contributed by atoms with van der Waals surface area (Å²) in [6, 6.07) is 7.51. The molecule has 1 aromatic carbocycles. The average molecular weight is 336 g/mol. The molecule has 4 heteroatoms. The van der Waals surface area contributed by atoms with Crippen LogP contribution in [0.3, 0.4) is 0 Å². The zero-order valence-electron chi connectivity index (χ0n) is 11.9. The number of alkyl halides is 1. The van der Waals surface area contributed by atoms with Gasteiger partial charge in [0.25, 0.3) is 0 Å². The van der Waals surface area contributed by atoms with E-state index in [-0.39, 0.29) is 16.5 Å². The Balaban J connectivity index is 2.56. The van der Waals surface area contributed by atoms with Gasteiger partial charge in [0.1, 0.15) is 0 Å². The lowest BCUT2D eigenvalue weighted by Gasteiger charge is -2.20. The summed E-state index contributed by atoms with van der Waals surface area (Å²) in [5.74, 6) is 0.0498. The highest BCUT2D eigenvalue weighted by molar-refractivity contribution is 9.09. The van der Waals surface area contributed by atoms with Crippen molar-refractivity contribution in [3.05, 3.63) is 41.1 Å². The molecule has 0 aliphatic heterocycles. The molecule has 2 rings (SSSR count). The van der Waals surface area contributed by atoms with E-state index in [0.29, 0.717) is 17.2 Å². The second kappa shape index (κ2) is 5.92. The molecule has 106 valence electrons. The normalized spacial score (nSPS) is 16.9. The number of benzene rings is 1. The molecule has 3 nitrogen and oxygen atoms in total. The fourth-order valence-electron chi connectivity index (χ4n) is 2.39. The van der Waals surface area contributed by atoms with Crippen LogP contribution in [0.4, 0.5) is 0 Å². The van der Waals surface area contributed by atoms with Gasteiger partial charge in [0.15, 0.2) is 0 Å². The van der Waals surface area contributed by atoms with Gasteiger partial charge in [-0.05, 0) is 11.5 Å². The maximum atomic E-state index is 12.5. The number of hydrogen-bond donors (Lipinski definition) is 1. The average Bonchev–Trinajstić information content (AvgIpc) is 2.70. The smallest absolute Gasteiger partial charge is 0.221 e. The Hall–Kier alpha value is -1.42. The zero-order valence-corrected chi connectivity index (χ0v) is 13.5. The van der Waals surface area contributed by atoms with Crippen LogP contribution in [0.2, 0.25) is 0 Å². The summed E-state index contributed by atoms with van der Waals surface area (Å²) >= 11 is 3.70. The Bertz CT molecular complexity index is 592. The Kier molecular flexibility index (Phi) is 4.43. The molecule has 0 saturated heterocycles. The van der Waals surface area contributed by atoms with Gasteiger partial charge >= 0.3 is 0 Å². The van der Waals surface area contributed by atoms with Crippen LogP contribution in [-0.4, -0.2) is 16.5 Å². The van der Waals surface area contributed by atoms with Gasteiger partial charge in [0.05, 0.1) is 5.70 Å². The number of nitrogens with one attached hydrogen (secondary N) is 1. The first kappa shape index (κ1) is 15.0. The summed E-state index contributed by atoms with van der Waals surface area (Å²) in [6.07, 6.45) is 0.989. The van der Waals surface area contributed by atoms with Gasteiger partial charge in [-0.3, -0.25) is 9.59 Å². The van der Waals surface area contributed by atoms with Gasteiger partial charge in [-0.2, -0.15) is 0 Å². The molecule has 0 heterocycles. The largest absolute Gasteiger partial charge is 0.323 e. The number of hydrogen-bond acceptors (Lipinski definition) is 2. The lowest BCUT2D eigenvalue weighted by molar-refractivity contribution is -0.118. The van der Waals surface area contributed by atoms with Crippen LogP contribution < -0.4 is 5.32 Å². The van der Waals surface area contributed by atoms with E-state index in [1.54, 1.807) is 0 Å². The van der Waals surface area contributed by atoms with E-state index in [9.17, 15) is 9.59 Å². The van der Waals surface area contributed by atoms with E-state index in [2.05, 4.69) is 35.1 Å². The predicted molar refractivity (Wildman–Crippen MR) is 83.7 cm³/mol. The molecular weight excluding hydrogens is 318 g/mol. The van der Waals surface area contributed by atoms with E-state index in [1.165, 1.54) is 6.92 Å². The Morgan fingerprint density at radius 1 is 1.30 bits per heavy atom. The van der Waals surface area contributed by atoms with Crippen molar-refractivity contribution in [1.29, 1.82) is 0 Å². The number of Topliss-reactive ketones (excluding diaryl/α,β-unsaturated/α-hetero) is 1. The van der Waals surface area contributed by atoms with E-state index in [4.69, 9.17) is 0 Å². The lowest BCUT2D eigenvalue weighted by Crippen LogP contribution is -2.25. The molecule has 0 saturated carbocycles. The van der Waals surface area contributed by atoms with Crippen LogP contribution in [0, 0.1) is 5.92 Å². The number of halogens is 1. The third kappa shape index (κ3) is 2.57. The molecule has 0 spiro atoms. The van der Waals surface area contributed by atoms with Gasteiger partial charge in [-0.1, -0.05) is 60.5 Å². The third-order valence-corrected chi connectivity index (χ3v) is 5.04. The second-order valence-corrected chi connectivity index (χ2v) is 6.12. The lowest BCUT2D eigenvalue weighted by atomic mass is 9.94. The molecule has 1 aliphatic carbocycles. The number of ketones is 1. The molecule has 1 aromatic rings. The van der Waals surface area contributed by atoms with Crippen LogP contribution in [0.5, 0.6) is 0 Å². The molecule has 1 aliphatic rings. The molecule has 20 heavy (non-hydrogen) atoms. The number of carbonyl (C=O) groups excluding carboxylic acids is 2. The Labute approximate surface area is 127 Å². The van der Waals surface area contributed by atoms with Crippen molar-refractivity contribution >= 4 is 33.2 Å². The molecule has 1 N–H and O–H groups in total. The van der Waals surface area contributed by atoms with Gasteiger partial charge in [-0.15, -0.1) is 0 Å². The van der Waals surface area contributed by atoms with Crippen molar-refractivity contribution in [1.82, 2.24) is 5.32 Å². The molecule has 1 amide bonds. The fraction of sp³-hybridized carbons (Fsp3) is 0.375. The first-order valence-corrected chi connectivity index (χ1v) is 7.68. The molecular formula is C16H18BrNO2. The number of carbonyl (C=O) groups is 2. The standard InChI is InChI=1S/C16H18BrNO2/c1-4-9(2)14(17)13-11-7-5-6-8-12(11)16(20)15(13)18-10(3)19/h5-9,14H,4H2,1-3H3,(H,18,19,20). The van der Waals surface area contributed by atoms with Crippen LogP contribution in [-0.2, 0) is 4.79 Å². The molecule has 2 atom stereocenters. The Morgan fingerprint density at radius 2 is 1.90 bits per heavy atom. The van der Waals surface area contributed by atoms with Crippen molar-refractivity contribution in [2.45, 2.75) is 32.0 Å². The molecule has 0 bridgehead atoms. The van der Waals surface area contributed by atoms with Crippen molar-refractivity contribution in [3.63, 3.8) is 0 Å². The quantitative estimate of drug-likeness (QED) is 0.855. The second-order valence-electron chi connectivity index (χ2n) is 5.13. The predicted octanol–water partition coefficient (Wildman–Crippen LogP) is 3.54. The summed E-state index contributed by atoms with van der Waals surface area (Å²) in [6.45, 7) is 5.66. The van der Waals surface area contributed by atoms with E-state index in [0.717, 1.165) is 17.6 Å².